The van der Waals surface area contributed by atoms with E-state index < -0.39 is 5.60 Å². The minimum absolute atomic E-state index is 0.0126. The van der Waals surface area contributed by atoms with Crippen molar-refractivity contribution in [1.29, 1.82) is 0 Å². The first-order valence-corrected chi connectivity index (χ1v) is 11.6. The van der Waals surface area contributed by atoms with Crippen molar-refractivity contribution < 1.29 is 9.90 Å². The summed E-state index contributed by atoms with van der Waals surface area (Å²) in [5, 5.41) is 29.5. The number of nitrogens with one attached hydrogen (secondary N) is 4. The highest BCUT2D eigenvalue weighted by Gasteiger charge is 2.52. The largest absolute Gasteiger partial charge is 0.389 e. The summed E-state index contributed by atoms with van der Waals surface area (Å²) in [5.74, 6) is 0.00981. The number of carbonyl (C=O) groups excluding carboxylic acids is 1. The molecule has 0 radical (unpaired) electrons. The Bertz CT molecular complexity index is 816. The summed E-state index contributed by atoms with van der Waals surface area (Å²) in [4.78, 5) is 13.3. The molecule has 0 saturated carbocycles. The second-order valence-corrected chi connectivity index (χ2v) is 9.40. The molecule has 4 heterocycles. The summed E-state index contributed by atoms with van der Waals surface area (Å²) < 4.78 is 0. The number of rotatable bonds is 2. The number of hydrazine groups is 1. The van der Waals surface area contributed by atoms with E-state index in [2.05, 4.69) is 38.4 Å². The monoisotopic (exact) mass is 426 g/mol. The van der Waals surface area contributed by atoms with Crippen LogP contribution in [0.4, 0.5) is 5.69 Å². The van der Waals surface area contributed by atoms with Gasteiger partial charge in [0.1, 0.15) is 6.29 Å². The van der Waals surface area contributed by atoms with Crippen LogP contribution < -0.4 is 21.3 Å². The predicted octanol–water partition coefficient (Wildman–Crippen LogP) is 1.15. The molecule has 6 atom stereocenters. The lowest BCUT2D eigenvalue weighted by Crippen LogP contribution is -2.69. The number of hydrogen-bond acceptors (Lipinski definition) is 7. The van der Waals surface area contributed by atoms with Crippen LogP contribution in [0.1, 0.15) is 39.0 Å². The van der Waals surface area contributed by atoms with Crippen LogP contribution in [-0.2, 0) is 4.79 Å². The molecule has 5 N–H and O–H groups in total. The van der Waals surface area contributed by atoms with Gasteiger partial charge in [-0.25, -0.2) is 0 Å². The normalized spacial score (nSPS) is 39.9. The molecule has 3 fully saturated rings. The number of carbonyl (C=O) groups is 1. The van der Waals surface area contributed by atoms with Crippen LogP contribution in [0.25, 0.3) is 0 Å². The first-order valence-electron chi connectivity index (χ1n) is 11.6. The maximum absolute atomic E-state index is 13.3. The van der Waals surface area contributed by atoms with Gasteiger partial charge in [0.05, 0.1) is 30.4 Å². The van der Waals surface area contributed by atoms with Crippen molar-refractivity contribution in [2.75, 3.05) is 18.4 Å². The van der Waals surface area contributed by atoms with Gasteiger partial charge in [-0.1, -0.05) is 30.4 Å². The highest BCUT2D eigenvalue weighted by Crippen LogP contribution is 2.34. The number of fused-ring (bicyclic) bond motifs is 6. The van der Waals surface area contributed by atoms with E-state index in [0.29, 0.717) is 13.1 Å². The molecular formula is C23H34N6O2. The maximum atomic E-state index is 13.3. The molecule has 4 aliphatic heterocycles. The number of nitrogens with zero attached hydrogens (tertiary/aromatic N) is 2. The molecule has 1 amide bonds. The van der Waals surface area contributed by atoms with E-state index in [4.69, 9.17) is 0 Å². The topological polar surface area (TPSA) is 91.9 Å². The highest BCUT2D eigenvalue weighted by molar-refractivity contribution is 5.82. The summed E-state index contributed by atoms with van der Waals surface area (Å²) in [6, 6.07) is 10.1. The Morgan fingerprint density at radius 1 is 1.16 bits per heavy atom. The minimum atomic E-state index is -0.764. The van der Waals surface area contributed by atoms with E-state index in [-0.39, 0.29) is 36.5 Å². The number of para-hydroxylation sites is 1. The lowest BCUT2D eigenvalue weighted by Gasteiger charge is -2.47. The summed E-state index contributed by atoms with van der Waals surface area (Å²) in [7, 11) is 0. The molecule has 3 saturated heterocycles. The van der Waals surface area contributed by atoms with Gasteiger partial charge in [0.15, 0.2) is 0 Å². The van der Waals surface area contributed by atoms with E-state index >= 15 is 0 Å². The van der Waals surface area contributed by atoms with Crippen LogP contribution >= 0.6 is 0 Å². The molecule has 8 nitrogen and oxygen atoms in total. The second-order valence-electron chi connectivity index (χ2n) is 9.40. The fourth-order valence-corrected chi connectivity index (χ4v) is 5.44. The molecule has 5 unspecified atom stereocenters. The Balaban J connectivity index is 1.40. The van der Waals surface area contributed by atoms with E-state index in [1.165, 1.54) is 0 Å². The molecule has 31 heavy (non-hydrogen) atoms. The van der Waals surface area contributed by atoms with E-state index in [1.807, 2.05) is 42.3 Å². The Morgan fingerprint density at radius 2 is 2.00 bits per heavy atom. The third-order valence-electron chi connectivity index (χ3n) is 7.18. The molecule has 0 spiro atoms. The summed E-state index contributed by atoms with van der Waals surface area (Å²) in [6.07, 6.45) is 8.42. The van der Waals surface area contributed by atoms with E-state index in [1.54, 1.807) is 0 Å². The minimum Gasteiger partial charge on any atom is -0.389 e. The quantitative estimate of drug-likeness (QED) is 0.453. The molecule has 2 bridgehead atoms. The first-order chi connectivity index (χ1) is 15.0. The van der Waals surface area contributed by atoms with Gasteiger partial charge in [0, 0.05) is 18.3 Å². The SMILES string of the molecule is C[C@]1(O)CC/C=C\CN2C(=O)C3CNC(Nc4ccccc4)NC3N2C2CCCC1N2. The molecule has 0 aliphatic carbocycles. The summed E-state index contributed by atoms with van der Waals surface area (Å²) >= 11 is 0. The Morgan fingerprint density at radius 3 is 2.84 bits per heavy atom. The second kappa shape index (κ2) is 8.52. The Labute approximate surface area is 184 Å². The van der Waals surface area contributed by atoms with E-state index in [9.17, 15) is 9.90 Å². The molecule has 4 aliphatic rings. The average Bonchev–Trinajstić information content (AvgIpc) is 3.04. The van der Waals surface area contributed by atoms with Crippen molar-refractivity contribution >= 4 is 11.6 Å². The fraction of sp³-hybridized carbons (Fsp3) is 0.609. The number of hydrogen-bond donors (Lipinski definition) is 5. The molecular weight excluding hydrogens is 392 g/mol. The lowest BCUT2D eigenvalue weighted by molar-refractivity contribution is -0.146. The standard InChI is InChI=1S/C23H34N6O2/c1-23(31)13-6-3-7-14-28-21(30)17-15-24-22(25-16-9-4-2-5-10-16)27-20(17)29(28)19-12-8-11-18(23)26-19/h2-5,7,9-10,17-20,22,24-27,31H,6,8,11-15H2,1H3/b7-3-/t17?,18?,19?,20?,22?,23-/m0/s1. The van der Waals surface area contributed by atoms with Crippen LogP contribution in [0.5, 0.6) is 0 Å². The van der Waals surface area contributed by atoms with Crippen LogP contribution in [0, 0.1) is 5.92 Å². The van der Waals surface area contributed by atoms with Crippen LogP contribution in [0.3, 0.4) is 0 Å². The van der Waals surface area contributed by atoms with Gasteiger partial charge in [-0.3, -0.25) is 25.8 Å². The zero-order chi connectivity index (χ0) is 21.4. The number of piperidine rings is 1. The molecule has 1 aromatic carbocycles. The predicted molar refractivity (Wildman–Crippen MR) is 119 cm³/mol. The van der Waals surface area contributed by atoms with Gasteiger partial charge in [-0.2, -0.15) is 5.01 Å². The molecule has 8 heteroatoms. The molecule has 168 valence electrons. The van der Waals surface area contributed by atoms with Crippen molar-refractivity contribution in [3.63, 3.8) is 0 Å². The third kappa shape index (κ3) is 4.10. The van der Waals surface area contributed by atoms with Crippen LogP contribution in [-0.4, -0.2) is 64.4 Å². The first kappa shape index (κ1) is 20.9. The van der Waals surface area contributed by atoms with Gasteiger partial charge in [-0.15, -0.1) is 0 Å². The van der Waals surface area contributed by atoms with Crippen molar-refractivity contribution in [2.24, 2.45) is 5.92 Å². The molecule has 0 aromatic heterocycles. The van der Waals surface area contributed by atoms with Gasteiger partial charge in [0.25, 0.3) is 0 Å². The van der Waals surface area contributed by atoms with Gasteiger partial charge >= 0.3 is 0 Å². The smallest absolute Gasteiger partial charge is 0.244 e. The average molecular weight is 427 g/mol. The van der Waals surface area contributed by atoms with E-state index in [0.717, 1.165) is 37.8 Å². The van der Waals surface area contributed by atoms with Crippen molar-refractivity contribution in [3.8, 4) is 0 Å². The van der Waals surface area contributed by atoms with Crippen molar-refractivity contribution in [1.82, 2.24) is 26.0 Å². The molecule has 1 aromatic rings. The fourth-order valence-electron chi connectivity index (χ4n) is 5.44. The van der Waals surface area contributed by atoms with Crippen LogP contribution in [0.2, 0.25) is 0 Å². The number of allylic oxidation sites excluding steroid dienone is 1. The maximum Gasteiger partial charge on any atom is 0.244 e. The zero-order valence-electron chi connectivity index (χ0n) is 18.1. The van der Waals surface area contributed by atoms with Gasteiger partial charge < -0.3 is 10.4 Å². The number of aliphatic hydroxyl groups is 1. The number of benzene rings is 1. The number of amides is 1. The summed E-state index contributed by atoms with van der Waals surface area (Å²) in [6.45, 7) is 3.12. The zero-order valence-corrected chi connectivity index (χ0v) is 18.1. The molecule has 5 rings (SSSR count). The van der Waals surface area contributed by atoms with Crippen molar-refractivity contribution in [2.45, 2.75) is 69.3 Å². The van der Waals surface area contributed by atoms with Crippen LogP contribution in [0.15, 0.2) is 42.5 Å². The number of anilines is 1. The Kier molecular flexibility index (Phi) is 5.75. The Hall–Kier alpha value is -1.97. The third-order valence-corrected chi connectivity index (χ3v) is 7.18. The van der Waals surface area contributed by atoms with Crippen molar-refractivity contribution in [3.05, 3.63) is 42.5 Å². The highest BCUT2D eigenvalue weighted by atomic mass is 16.3. The lowest BCUT2D eigenvalue weighted by atomic mass is 9.85. The van der Waals surface area contributed by atoms with Gasteiger partial charge in [0.2, 0.25) is 5.91 Å². The summed E-state index contributed by atoms with van der Waals surface area (Å²) in [5.41, 5.74) is 0.264. The van der Waals surface area contributed by atoms with Gasteiger partial charge in [-0.05, 0) is 51.2 Å².